The molecule has 3 nitrogen and oxygen atoms in total. The molecule has 1 saturated heterocycles. The number of nitrogens with zero attached hydrogens (tertiary/aromatic N) is 1. The van der Waals surface area contributed by atoms with E-state index in [-0.39, 0.29) is 17.9 Å². The number of aliphatic hydroxyl groups excluding tert-OH is 1. The average molecular weight is 218 g/mol. The summed E-state index contributed by atoms with van der Waals surface area (Å²) in [4.78, 5) is 13.2. The largest absolute Gasteiger partial charge is 0.393 e. The molecule has 4 heteroatoms. The molecule has 2 aliphatic rings. The molecule has 80 valence electrons. The molecular formula is C10H16ClNO2. The van der Waals surface area contributed by atoms with E-state index < -0.39 is 0 Å². The number of alkyl halides is 1. The van der Waals surface area contributed by atoms with E-state index in [1.54, 1.807) is 0 Å². The number of halogens is 1. The van der Waals surface area contributed by atoms with Crippen molar-refractivity contribution in [3.05, 3.63) is 0 Å². The first kappa shape index (κ1) is 10.2. The second kappa shape index (κ2) is 4.07. The molecule has 2 fully saturated rings. The van der Waals surface area contributed by atoms with Crippen molar-refractivity contribution in [3.8, 4) is 0 Å². The van der Waals surface area contributed by atoms with Gasteiger partial charge in [0.2, 0.25) is 5.91 Å². The van der Waals surface area contributed by atoms with Crippen LogP contribution in [-0.4, -0.2) is 41.0 Å². The topological polar surface area (TPSA) is 40.5 Å². The summed E-state index contributed by atoms with van der Waals surface area (Å²) in [7, 11) is 0. The fourth-order valence-electron chi connectivity index (χ4n) is 2.69. The number of carbonyl (C=O) groups is 1. The summed E-state index contributed by atoms with van der Waals surface area (Å²) in [6.45, 7) is 1.65. The van der Waals surface area contributed by atoms with Gasteiger partial charge in [-0.25, -0.2) is 0 Å². The minimum Gasteiger partial charge on any atom is -0.393 e. The Morgan fingerprint density at radius 1 is 1.36 bits per heavy atom. The molecule has 0 aromatic carbocycles. The molecule has 3 atom stereocenters. The molecule has 1 saturated carbocycles. The van der Waals surface area contributed by atoms with Crippen molar-refractivity contribution < 1.29 is 9.90 Å². The maximum absolute atomic E-state index is 11.4. The summed E-state index contributed by atoms with van der Waals surface area (Å²) >= 11 is 5.52. The molecule has 0 unspecified atom stereocenters. The number of likely N-dealkylation sites (tertiary alicyclic amines) is 1. The quantitative estimate of drug-likeness (QED) is 0.662. The Bertz CT molecular complexity index is 234. The smallest absolute Gasteiger partial charge is 0.237 e. The number of hydrogen-bond donors (Lipinski definition) is 1. The summed E-state index contributed by atoms with van der Waals surface area (Å²) in [6.07, 6.45) is 2.65. The van der Waals surface area contributed by atoms with Gasteiger partial charge in [-0.3, -0.25) is 4.79 Å². The van der Waals surface area contributed by atoms with Gasteiger partial charge in [0.15, 0.2) is 0 Å². The van der Waals surface area contributed by atoms with Crippen molar-refractivity contribution in [1.29, 1.82) is 0 Å². The summed E-state index contributed by atoms with van der Waals surface area (Å²) in [5, 5.41) is 9.51. The molecule has 0 radical (unpaired) electrons. The van der Waals surface area contributed by atoms with Crippen molar-refractivity contribution in [3.63, 3.8) is 0 Å². The highest BCUT2D eigenvalue weighted by atomic mass is 35.5. The fourth-order valence-corrected chi connectivity index (χ4v) is 2.86. The third kappa shape index (κ3) is 1.89. The Hall–Kier alpha value is -0.280. The zero-order valence-corrected chi connectivity index (χ0v) is 8.91. The molecule has 0 spiro atoms. The van der Waals surface area contributed by atoms with E-state index in [9.17, 15) is 9.90 Å². The maximum Gasteiger partial charge on any atom is 0.237 e. The lowest BCUT2D eigenvalue weighted by Gasteiger charge is -2.27. The van der Waals surface area contributed by atoms with Crippen LogP contribution in [0.4, 0.5) is 0 Å². The lowest BCUT2D eigenvalue weighted by Crippen LogP contribution is -2.29. The Labute approximate surface area is 89.0 Å². The van der Waals surface area contributed by atoms with Gasteiger partial charge in [0.25, 0.3) is 0 Å². The first-order chi connectivity index (χ1) is 6.70. The van der Waals surface area contributed by atoms with Crippen LogP contribution in [0.2, 0.25) is 0 Å². The van der Waals surface area contributed by atoms with E-state index in [1.807, 2.05) is 4.90 Å². The Balaban J connectivity index is 1.95. The minimum atomic E-state index is -0.151. The minimum absolute atomic E-state index is 0.0376. The van der Waals surface area contributed by atoms with Gasteiger partial charge in [-0.2, -0.15) is 0 Å². The average Bonchev–Trinajstić information content (AvgIpc) is 2.59. The molecule has 0 aromatic rings. The van der Waals surface area contributed by atoms with Gasteiger partial charge in [-0.15, -0.1) is 11.6 Å². The zero-order valence-electron chi connectivity index (χ0n) is 8.16. The SMILES string of the molecule is O=C(CCl)N1C[C@H]2CC[C@@H](O)C[C@H]2C1. The molecule has 2 rings (SSSR count). The summed E-state index contributed by atoms with van der Waals surface area (Å²) in [6, 6.07) is 0. The van der Waals surface area contributed by atoms with Crippen LogP contribution in [0.5, 0.6) is 0 Å². The van der Waals surface area contributed by atoms with E-state index in [2.05, 4.69) is 0 Å². The first-order valence-electron chi connectivity index (χ1n) is 5.22. The van der Waals surface area contributed by atoms with Gasteiger partial charge >= 0.3 is 0 Å². The van der Waals surface area contributed by atoms with Gasteiger partial charge in [0.1, 0.15) is 5.88 Å². The third-order valence-corrected chi connectivity index (χ3v) is 3.72. The van der Waals surface area contributed by atoms with E-state index in [0.29, 0.717) is 11.8 Å². The molecule has 1 heterocycles. The lowest BCUT2D eigenvalue weighted by atomic mass is 9.80. The fraction of sp³-hybridized carbons (Fsp3) is 0.900. The van der Waals surface area contributed by atoms with Crippen LogP contribution in [-0.2, 0) is 4.79 Å². The maximum atomic E-state index is 11.4. The standard InChI is InChI=1S/C10H16ClNO2/c11-4-10(14)12-5-7-1-2-9(13)3-8(7)6-12/h7-9,13H,1-6H2/t7-,8+,9-/m1/s1. The molecular weight excluding hydrogens is 202 g/mol. The van der Waals surface area contributed by atoms with Crippen molar-refractivity contribution in [2.45, 2.75) is 25.4 Å². The van der Waals surface area contributed by atoms with Crippen LogP contribution >= 0.6 is 11.6 Å². The van der Waals surface area contributed by atoms with Crippen LogP contribution < -0.4 is 0 Å². The second-order valence-electron chi connectivity index (χ2n) is 4.42. The van der Waals surface area contributed by atoms with Gasteiger partial charge < -0.3 is 10.0 Å². The summed E-state index contributed by atoms with van der Waals surface area (Å²) in [5.41, 5.74) is 0. The summed E-state index contributed by atoms with van der Waals surface area (Å²) in [5.74, 6) is 1.23. The first-order valence-corrected chi connectivity index (χ1v) is 5.76. The van der Waals surface area contributed by atoms with Crippen LogP contribution in [0.15, 0.2) is 0 Å². The Morgan fingerprint density at radius 3 is 2.79 bits per heavy atom. The lowest BCUT2D eigenvalue weighted by molar-refractivity contribution is -0.127. The van der Waals surface area contributed by atoms with Crippen LogP contribution in [0.25, 0.3) is 0 Å². The van der Waals surface area contributed by atoms with E-state index in [0.717, 1.165) is 32.4 Å². The molecule has 1 aliphatic carbocycles. The highest BCUT2D eigenvalue weighted by Gasteiger charge is 2.38. The molecule has 1 amide bonds. The Morgan fingerprint density at radius 2 is 2.07 bits per heavy atom. The third-order valence-electron chi connectivity index (χ3n) is 3.49. The number of amides is 1. The Kier molecular flexibility index (Phi) is 2.98. The predicted molar refractivity (Wildman–Crippen MR) is 54.1 cm³/mol. The van der Waals surface area contributed by atoms with Crippen LogP contribution in [0.3, 0.4) is 0 Å². The normalized spacial score (nSPS) is 37.0. The predicted octanol–water partition coefficient (Wildman–Crippen LogP) is 0.845. The van der Waals surface area contributed by atoms with Crippen molar-refractivity contribution >= 4 is 17.5 Å². The van der Waals surface area contributed by atoms with Crippen molar-refractivity contribution in [2.75, 3.05) is 19.0 Å². The molecule has 0 aromatic heterocycles. The van der Waals surface area contributed by atoms with E-state index in [1.165, 1.54) is 0 Å². The number of carbonyl (C=O) groups excluding carboxylic acids is 1. The molecule has 1 aliphatic heterocycles. The van der Waals surface area contributed by atoms with Gasteiger partial charge in [-0.05, 0) is 31.1 Å². The highest BCUT2D eigenvalue weighted by Crippen LogP contribution is 2.36. The van der Waals surface area contributed by atoms with Crippen molar-refractivity contribution in [2.24, 2.45) is 11.8 Å². The van der Waals surface area contributed by atoms with Crippen LogP contribution in [0, 0.1) is 11.8 Å². The van der Waals surface area contributed by atoms with Gasteiger partial charge in [0, 0.05) is 13.1 Å². The number of fused-ring (bicyclic) bond motifs is 1. The number of hydrogen-bond acceptors (Lipinski definition) is 2. The monoisotopic (exact) mass is 217 g/mol. The van der Waals surface area contributed by atoms with Crippen LogP contribution in [0.1, 0.15) is 19.3 Å². The van der Waals surface area contributed by atoms with E-state index in [4.69, 9.17) is 11.6 Å². The van der Waals surface area contributed by atoms with Crippen molar-refractivity contribution in [1.82, 2.24) is 4.90 Å². The number of rotatable bonds is 1. The molecule has 14 heavy (non-hydrogen) atoms. The van der Waals surface area contributed by atoms with Gasteiger partial charge in [0.05, 0.1) is 6.10 Å². The van der Waals surface area contributed by atoms with Gasteiger partial charge in [-0.1, -0.05) is 0 Å². The second-order valence-corrected chi connectivity index (χ2v) is 4.69. The van der Waals surface area contributed by atoms with E-state index >= 15 is 0 Å². The summed E-state index contributed by atoms with van der Waals surface area (Å²) < 4.78 is 0. The number of aliphatic hydroxyl groups is 1. The molecule has 1 N–H and O–H groups in total. The molecule has 0 bridgehead atoms. The zero-order chi connectivity index (χ0) is 10.1. The highest BCUT2D eigenvalue weighted by molar-refractivity contribution is 6.27.